The molecule has 2 N–H and O–H groups in total. The molecule has 21 heavy (non-hydrogen) atoms. The van der Waals surface area contributed by atoms with Crippen molar-refractivity contribution in [2.24, 2.45) is 5.92 Å². The van der Waals surface area contributed by atoms with Crippen molar-refractivity contribution in [3.8, 4) is 0 Å². The van der Waals surface area contributed by atoms with Crippen LogP contribution in [0.4, 0.5) is 10.5 Å². The third-order valence-electron chi connectivity index (χ3n) is 4.12. The summed E-state index contributed by atoms with van der Waals surface area (Å²) in [4.78, 5) is 14.0. The molecule has 1 heterocycles. The van der Waals surface area contributed by atoms with E-state index in [1.54, 1.807) is 12.0 Å². The van der Waals surface area contributed by atoms with Crippen molar-refractivity contribution in [3.63, 3.8) is 0 Å². The number of nitrogens with one attached hydrogen (secondary N) is 1. The lowest BCUT2D eigenvalue weighted by Gasteiger charge is -2.31. The number of hydrogen-bond donors (Lipinski definition) is 2. The maximum absolute atomic E-state index is 12.2. The number of likely N-dealkylation sites (tertiary alicyclic amines) is 1. The van der Waals surface area contributed by atoms with Gasteiger partial charge in [0.15, 0.2) is 0 Å². The fourth-order valence-corrected chi connectivity index (χ4v) is 2.53. The number of anilines is 1. The van der Waals surface area contributed by atoms with Gasteiger partial charge in [-0.3, -0.25) is 0 Å². The molecule has 0 saturated carbocycles. The van der Waals surface area contributed by atoms with Crippen molar-refractivity contribution in [2.75, 3.05) is 32.1 Å². The standard InChI is InChI=1S/C16H24N2O3/c1-12(21-2)14-4-3-5-15(10-14)17-16(20)18-8-6-13(11-19)7-9-18/h3-5,10,12-13,19H,6-9,11H2,1-2H3,(H,17,20). The number of carbonyl (C=O) groups is 1. The zero-order valence-electron chi connectivity index (χ0n) is 12.7. The Morgan fingerprint density at radius 1 is 1.48 bits per heavy atom. The van der Waals surface area contributed by atoms with Crippen LogP contribution in [0.25, 0.3) is 0 Å². The summed E-state index contributed by atoms with van der Waals surface area (Å²) in [6.45, 7) is 3.59. The van der Waals surface area contributed by atoms with E-state index in [4.69, 9.17) is 9.84 Å². The first-order valence-electron chi connectivity index (χ1n) is 7.43. The van der Waals surface area contributed by atoms with Gasteiger partial charge in [0.05, 0.1) is 6.10 Å². The van der Waals surface area contributed by atoms with E-state index < -0.39 is 0 Å². The summed E-state index contributed by atoms with van der Waals surface area (Å²) in [6, 6.07) is 7.64. The zero-order valence-corrected chi connectivity index (χ0v) is 12.7. The van der Waals surface area contributed by atoms with Crippen LogP contribution in [-0.4, -0.2) is 42.8 Å². The molecule has 1 aromatic carbocycles. The minimum atomic E-state index is -0.0754. The van der Waals surface area contributed by atoms with Gasteiger partial charge in [-0.05, 0) is 43.4 Å². The molecule has 0 aromatic heterocycles. The highest BCUT2D eigenvalue weighted by Gasteiger charge is 2.22. The Balaban J connectivity index is 1.94. The van der Waals surface area contributed by atoms with Gasteiger partial charge >= 0.3 is 6.03 Å². The van der Waals surface area contributed by atoms with E-state index in [-0.39, 0.29) is 18.7 Å². The fourth-order valence-electron chi connectivity index (χ4n) is 2.53. The van der Waals surface area contributed by atoms with Gasteiger partial charge in [0.25, 0.3) is 0 Å². The summed E-state index contributed by atoms with van der Waals surface area (Å²) >= 11 is 0. The average Bonchev–Trinajstić information content (AvgIpc) is 2.54. The third-order valence-corrected chi connectivity index (χ3v) is 4.12. The lowest BCUT2D eigenvalue weighted by Crippen LogP contribution is -2.41. The molecule has 5 nitrogen and oxygen atoms in total. The van der Waals surface area contributed by atoms with Gasteiger partial charge in [-0.15, -0.1) is 0 Å². The number of aliphatic hydroxyl groups is 1. The predicted octanol–water partition coefficient (Wildman–Crippen LogP) is 2.63. The molecule has 0 aliphatic carbocycles. The van der Waals surface area contributed by atoms with Crippen LogP contribution in [0.1, 0.15) is 31.4 Å². The van der Waals surface area contributed by atoms with Crippen molar-refractivity contribution >= 4 is 11.7 Å². The maximum Gasteiger partial charge on any atom is 0.321 e. The first kappa shape index (κ1) is 15.8. The fraction of sp³-hybridized carbons (Fsp3) is 0.562. The van der Waals surface area contributed by atoms with E-state index in [1.807, 2.05) is 31.2 Å². The van der Waals surface area contributed by atoms with Gasteiger partial charge in [-0.1, -0.05) is 12.1 Å². The summed E-state index contributed by atoms with van der Waals surface area (Å²) in [5.74, 6) is 0.333. The minimum absolute atomic E-state index is 0.00199. The normalized spacial score (nSPS) is 17.6. The molecular weight excluding hydrogens is 268 g/mol. The van der Waals surface area contributed by atoms with E-state index in [0.717, 1.165) is 24.1 Å². The molecule has 0 bridgehead atoms. The number of amides is 2. The molecule has 2 amide bonds. The lowest BCUT2D eigenvalue weighted by molar-refractivity contribution is 0.119. The second kappa shape index (κ2) is 7.43. The third kappa shape index (κ3) is 4.19. The molecule has 116 valence electrons. The number of urea groups is 1. The largest absolute Gasteiger partial charge is 0.396 e. The summed E-state index contributed by atoms with van der Waals surface area (Å²) in [7, 11) is 1.67. The lowest BCUT2D eigenvalue weighted by atomic mass is 9.98. The summed E-state index contributed by atoms with van der Waals surface area (Å²) in [6.07, 6.45) is 1.73. The van der Waals surface area contributed by atoms with Crippen molar-refractivity contribution in [3.05, 3.63) is 29.8 Å². The van der Waals surface area contributed by atoms with Crippen LogP contribution in [0.3, 0.4) is 0 Å². The molecule has 1 atom stereocenters. The van der Waals surface area contributed by atoms with Crippen LogP contribution in [-0.2, 0) is 4.74 Å². The van der Waals surface area contributed by atoms with Gasteiger partial charge < -0.3 is 20.1 Å². The van der Waals surface area contributed by atoms with Crippen molar-refractivity contribution in [2.45, 2.75) is 25.9 Å². The SMILES string of the molecule is COC(C)c1cccc(NC(=O)N2CCC(CO)CC2)c1. The van der Waals surface area contributed by atoms with Crippen LogP contribution >= 0.6 is 0 Å². The highest BCUT2D eigenvalue weighted by Crippen LogP contribution is 2.21. The van der Waals surface area contributed by atoms with Crippen LogP contribution in [0.15, 0.2) is 24.3 Å². The van der Waals surface area contributed by atoms with Crippen LogP contribution in [0, 0.1) is 5.92 Å². The van der Waals surface area contributed by atoms with E-state index in [1.165, 1.54) is 0 Å². The van der Waals surface area contributed by atoms with Crippen LogP contribution < -0.4 is 5.32 Å². The molecule has 2 rings (SSSR count). The van der Waals surface area contributed by atoms with Crippen molar-refractivity contribution < 1.29 is 14.6 Å². The van der Waals surface area contributed by atoms with Gasteiger partial charge in [-0.2, -0.15) is 0 Å². The molecule has 1 fully saturated rings. The Morgan fingerprint density at radius 3 is 2.81 bits per heavy atom. The number of methoxy groups -OCH3 is 1. The van der Waals surface area contributed by atoms with Gasteiger partial charge in [0.2, 0.25) is 0 Å². The Kier molecular flexibility index (Phi) is 5.59. The van der Waals surface area contributed by atoms with Crippen molar-refractivity contribution in [1.29, 1.82) is 0 Å². The van der Waals surface area contributed by atoms with Gasteiger partial charge in [0, 0.05) is 32.5 Å². The number of carbonyl (C=O) groups excluding carboxylic acids is 1. The zero-order chi connectivity index (χ0) is 15.2. The number of hydrogen-bond acceptors (Lipinski definition) is 3. The second-order valence-corrected chi connectivity index (χ2v) is 5.55. The minimum Gasteiger partial charge on any atom is -0.396 e. The summed E-state index contributed by atoms with van der Waals surface area (Å²) < 4.78 is 5.29. The van der Waals surface area contributed by atoms with Gasteiger partial charge in [-0.25, -0.2) is 4.79 Å². The van der Waals surface area contributed by atoms with Crippen LogP contribution in [0.5, 0.6) is 0 Å². The summed E-state index contributed by atoms with van der Waals surface area (Å²) in [5, 5.41) is 12.1. The average molecular weight is 292 g/mol. The van der Waals surface area contributed by atoms with Crippen LogP contribution in [0.2, 0.25) is 0 Å². The molecule has 1 aliphatic rings. The Labute approximate surface area is 125 Å². The molecular formula is C16H24N2O3. The van der Waals surface area contributed by atoms with Crippen molar-refractivity contribution in [1.82, 2.24) is 4.90 Å². The highest BCUT2D eigenvalue weighted by molar-refractivity contribution is 5.89. The predicted molar refractivity (Wildman–Crippen MR) is 82.3 cm³/mol. The Morgan fingerprint density at radius 2 is 2.19 bits per heavy atom. The Bertz CT molecular complexity index is 470. The second-order valence-electron chi connectivity index (χ2n) is 5.55. The molecule has 1 saturated heterocycles. The van der Waals surface area contributed by atoms with E-state index in [0.29, 0.717) is 19.0 Å². The monoisotopic (exact) mass is 292 g/mol. The van der Waals surface area contributed by atoms with Gasteiger partial charge in [0.1, 0.15) is 0 Å². The van der Waals surface area contributed by atoms with E-state index in [9.17, 15) is 4.79 Å². The first-order chi connectivity index (χ1) is 10.1. The topological polar surface area (TPSA) is 61.8 Å². The van der Waals surface area contributed by atoms with E-state index >= 15 is 0 Å². The molecule has 1 aliphatic heterocycles. The number of rotatable bonds is 4. The number of ether oxygens (including phenoxy) is 1. The number of benzene rings is 1. The Hall–Kier alpha value is -1.59. The maximum atomic E-state index is 12.2. The molecule has 1 unspecified atom stereocenters. The number of aliphatic hydroxyl groups excluding tert-OH is 1. The number of nitrogens with zero attached hydrogens (tertiary/aromatic N) is 1. The number of piperidine rings is 1. The smallest absolute Gasteiger partial charge is 0.321 e. The van der Waals surface area contributed by atoms with E-state index in [2.05, 4.69) is 5.32 Å². The molecule has 0 radical (unpaired) electrons. The molecule has 1 aromatic rings. The molecule has 0 spiro atoms. The summed E-state index contributed by atoms with van der Waals surface area (Å²) in [5.41, 5.74) is 1.82. The molecule has 5 heteroatoms. The quantitative estimate of drug-likeness (QED) is 0.896. The highest BCUT2D eigenvalue weighted by atomic mass is 16.5. The first-order valence-corrected chi connectivity index (χ1v) is 7.43.